The molecule has 0 spiro atoms. The smallest absolute Gasteiger partial charge is 0.408 e. The number of nitrogens with one attached hydrogen (secondary N) is 1. The number of carbonyl (C=O) groups is 1. The van der Waals surface area contributed by atoms with E-state index < -0.39 is 17.2 Å². The Bertz CT molecular complexity index is 739. The fourth-order valence-electron chi connectivity index (χ4n) is 2.59. The zero-order valence-corrected chi connectivity index (χ0v) is 16.2. The predicted octanol–water partition coefficient (Wildman–Crippen LogP) is 2.98. The molecule has 1 aromatic rings. The molecule has 2 heterocycles. The van der Waals surface area contributed by atoms with Crippen molar-refractivity contribution in [1.29, 1.82) is 0 Å². The van der Waals surface area contributed by atoms with E-state index in [1.807, 2.05) is 26.8 Å². The second-order valence-corrected chi connectivity index (χ2v) is 8.02. The summed E-state index contributed by atoms with van der Waals surface area (Å²) < 4.78 is 10.7. The number of carbonyl (C=O) groups excluding carboxylic acids is 1. The fraction of sp³-hybridized carbons (Fsp3) is 0.579. The maximum atomic E-state index is 12.0. The fourth-order valence-corrected chi connectivity index (χ4v) is 2.79. The molecule has 1 saturated carbocycles. The topological polar surface area (TPSA) is 63.7 Å². The number of halogens is 1. The van der Waals surface area contributed by atoms with Crippen molar-refractivity contribution in [2.75, 3.05) is 31.2 Å². The van der Waals surface area contributed by atoms with E-state index >= 15 is 0 Å². The molecular formula is C19H24ClN3O3. The maximum absolute atomic E-state index is 12.0. The van der Waals surface area contributed by atoms with Gasteiger partial charge in [-0.25, -0.2) is 9.78 Å². The molecule has 0 bridgehead atoms. The summed E-state index contributed by atoms with van der Waals surface area (Å²) >= 11 is 6.24. The molecule has 0 radical (unpaired) electrons. The van der Waals surface area contributed by atoms with Crippen molar-refractivity contribution in [2.45, 2.75) is 44.8 Å². The Labute approximate surface area is 159 Å². The van der Waals surface area contributed by atoms with Crippen molar-refractivity contribution in [3.8, 4) is 11.8 Å². The van der Waals surface area contributed by atoms with E-state index in [2.05, 4.69) is 27.0 Å². The third-order valence-corrected chi connectivity index (χ3v) is 4.25. The minimum atomic E-state index is -0.533. The molecule has 1 saturated heterocycles. The zero-order chi connectivity index (χ0) is 18.8. The Balaban J connectivity index is 1.71. The van der Waals surface area contributed by atoms with Crippen molar-refractivity contribution < 1.29 is 14.3 Å². The van der Waals surface area contributed by atoms with Crippen LogP contribution in [0.5, 0.6) is 0 Å². The van der Waals surface area contributed by atoms with Crippen molar-refractivity contribution in [1.82, 2.24) is 10.3 Å². The van der Waals surface area contributed by atoms with Crippen LogP contribution in [0.1, 0.15) is 39.3 Å². The van der Waals surface area contributed by atoms with E-state index in [1.54, 1.807) is 6.07 Å². The standard InChI is InChI=1S/C19H24ClN3O3/c1-18(2,3)26-17(24)22-19(6-7-19)5-4-15-12-14(20)13-16(21-15)23-8-10-25-11-9-23/h12-13H,6-11H2,1-3H3,(H,22,24). The van der Waals surface area contributed by atoms with Gasteiger partial charge in [0.25, 0.3) is 0 Å². The number of amides is 1. The van der Waals surface area contributed by atoms with Crippen LogP contribution in [0.15, 0.2) is 12.1 Å². The lowest BCUT2D eigenvalue weighted by Crippen LogP contribution is -2.40. The summed E-state index contributed by atoms with van der Waals surface area (Å²) in [6.07, 6.45) is 1.16. The summed E-state index contributed by atoms with van der Waals surface area (Å²) in [6, 6.07) is 3.58. The van der Waals surface area contributed by atoms with Crippen LogP contribution in [0.25, 0.3) is 0 Å². The highest BCUT2D eigenvalue weighted by atomic mass is 35.5. The first-order valence-corrected chi connectivity index (χ1v) is 9.17. The monoisotopic (exact) mass is 377 g/mol. The van der Waals surface area contributed by atoms with Gasteiger partial charge in [-0.2, -0.15) is 0 Å². The van der Waals surface area contributed by atoms with Gasteiger partial charge in [0.05, 0.1) is 13.2 Å². The second kappa shape index (κ2) is 7.34. The molecule has 1 aliphatic heterocycles. The molecule has 140 valence electrons. The van der Waals surface area contributed by atoms with Gasteiger partial charge in [0.2, 0.25) is 0 Å². The molecule has 26 heavy (non-hydrogen) atoms. The minimum Gasteiger partial charge on any atom is -0.444 e. The zero-order valence-electron chi connectivity index (χ0n) is 15.4. The Hall–Kier alpha value is -1.97. The van der Waals surface area contributed by atoms with Gasteiger partial charge in [-0.3, -0.25) is 0 Å². The van der Waals surface area contributed by atoms with E-state index in [1.165, 1.54) is 0 Å². The van der Waals surface area contributed by atoms with Crippen LogP contribution in [0.4, 0.5) is 10.6 Å². The molecule has 6 nitrogen and oxygen atoms in total. The van der Waals surface area contributed by atoms with Crippen LogP contribution in [0.2, 0.25) is 5.02 Å². The highest BCUT2D eigenvalue weighted by Crippen LogP contribution is 2.35. The molecule has 1 amide bonds. The van der Waals surface area contributed by atoms with E-state index in [0.29, 0.717) is 23.9 Å². The summed E-state index contributed by atoms with van der Waals surface area (Å²) in [5.41, 5.74) is -0.461. The van der Waals surface area contributed by atoms with Gasteiger partial charge >= 0.3 is 6.09 Å². The largest absolute Gasteiger partial charge is 0.444 e. The second-order valence-electron chi connectivity index (χ2n) is 7.59. The van der Waals surface area contributed by atoms with Crippen LogP contribution in [-0.2, 0) is 9.47 Å². The first-order valence-electron chi connectivity index (χ1n) is 8.79. The lowest BCUT2D eigenvalue weighted by molar-refractivity contribution is 0.0511. The maximum Gasteiger partial charge on any atom is 0.408 e. The summed E-state index contributed by atoms with van der Waals surface area (Å²) in [5.74, 6) is 7.00. The van der Waals surface area contributed by atoms with Crippen molar-refractivity contribution in [2.24, 2.45) is 0 Å². The van der Waals surface area contributed by atoms with Crippen LogP contribution < -0.4 is 10.2 Å². The van der Waals surface area contributed by atoms with Gasteiger partial charge in [0, 0.05) is 18.1 Å². The SMILES string of the molecule is CC(C)(C)OC(=O)NC1(C#Cc2cc(Cl)cc(N3CCOCC3)n2)CC1. The highest BCUT2D eigenvalue weighted by Gasteiger charge is 2.43. The summed E-state index contributed by atoms with van der Waals surface area (Å²) in [6.45, 7) is 8.42. The average molecular weight is 378 g/mol. The van der Waals surface area contributed by atoms with E-state index in [9.17, 15) is 4.79 Å². The molecule has 0 unspecified atom stereocenters. The number of aromatic nitrogens is 1. The number of rotatable bonds is 2. The summed E-state index contributed by atoms with van der Waals surface area (Å²) in [4.78, 5) is 18.7. The normalized spacial score (nSPS) is 18.5. The van der Waals surface area contributed by atoms with Gasteiger partial charge in [-0.15, -0.1) is 0 Å². The molecule has 0 atom stereocenters. The molecule has 1 aliphatic carbocycles. The number of hydrogen-bond acceptors (Lipinski definition) is 5. The van der Waals surface area contributed by atoms with E-state index in [4.69, 9.17) is 21.1 Å². The van der Waals surface area contributed by atoms with Crippen LogP contribution >= 0.6 is 11.6 Å². The first-order chi connectivity index (χ1) is 12.2. The number of pyridine rings is 1. The number of alkyl carbamates (subject to hydrolysis) is 1. The number of ether oxygens (including phenoxy) is 2. The number of anilines is 1. The summed E-state index contributed by atoms with van der Waals surface area (Å²) in [7, 11) is 0. The van der Waals surface area contributed by atoms with Gasteiger partial charge in [0.15, 0.2) is 0 Å². The molecule has 1 N–H and O–H groups in total. The summed E-state index contributed by atoms with van der Waals surface area (Å²) in [5, 5.41) is 3.46. The molecule has 2 fully saturated rings. The molecule has 2 aliphatic rings. The predicted molar refractivity (Wildman–Crippen MR) is 100 cm³/mol. The van der Waals surface area contributed by atoms with Crippen molar-refractivity contribution in [3.05, 3.63) is 22.8 Å². The molecule has 7 heteroatoms. The lowest BCUT2D eigenvalue weighted by Gasteiger charge is -2.28. The van der Waals surface area contributed by atoms with Gasteiger partial charge in [-0.1, -0.05) is 17.5 Å². The van der Waals surface area contributed by atoms with Crippen molar-refractivity contribution >= 4 is 23.5 Å². The molecular weight excluding hydrogens is 354 g/mol. The Morgan fingerprint density at radius 3 is 2.65 bits per heavy atom. The molecule has 1 aromatic heterocycles. The minimum absolute atomic E-state index is 0.447. The van der Waals surface area contributed by atoms with Crippen LogP contribution in [0, 0.1) is 11.8 Å². The van der Waals surface area contributed by atoms with Gasteiger partial charge in [0.1, 0.15) is 22.7 Å². The van der Waals surface area contributed by atoms with Crippen molar-refractivity contribution in [3.63, 3.8) is 0 Å². The third-order valence-electron chi connectivity index (χ3n) is 4.03. The Morgan fingerprint density at radius 2 is 2.04 bits per heavy atom. The van der Waals surface area contributed by atoms with E-state index in [-0.39, 0.29) is 0 Å². The first kappa shape index (κ1) is 18.8. The average Bonchev–Trinajstić information content (AvgIpc) is 3.31. The number of hydrogen-bond donors (Lipinski definition) is 1. The van der Waals surface area contributed by atoms with Crippen LogP contribution in [0.3, 0.4) is 0 Å². The number of morpholine rings is 1. The lowest BCUT2D eigenvalue weighted by atomic mass is 10.2. The third kappa shape index (κ3) is 5.26. The Kier molecular flexibility index (Phi) is 5.31. The molecule has 3 rings (SSSR count). The van der Waals surface area contributed by atoms with Gasteiger partial charge < -0.3 is 19.7 Å². The highest BCUT2D eigenvalue weighted by molar-refractivity contribution is 6.30. The van der Waals surface area contributed by atoms with E-state index in [0.717, 1.165) is 31.7 Å². The van der Waals surface area contributed by atoms with Gasteiger partial charge in [-0.05, 0) is 51.7 Å². The quantitative estimate of drug-likeness (QED) is 0.803. The Morgan fingerprint density at radius 1 is 1.35 bits per heavy atom. The number of nitrogens with zero attached hydrogens (tertiary/aromatic N) is 2. The molecule has 0 aromatic carbocycles. The van der Waals surface area contributed by atoms with Crippen LogP contribution in [-0.4, -0.2) is 48.5 Å².